The van der Waals surface area contributed by atoms with Crippen LogP contribution in [0.3, 0.4) is 0 Å². The summed E-state index contributed by atoms with van der Waals surface area (Å²) in [6.07, 6.45) is -2.03. The molecule has 0 spiro atoms. The van der Waals surface area contributed by atoms with Gasteiger partial charge < -0.3 is 9.55 Å². The second kappa shape index (κ2) is 4.60. The van der Waals surface area contributed by atoms with Crippen LogP contribution in [0.2, 0.25) is 0 Å². The number of hydrogen-bond donors (Lipinski definition) is 1. The monoisotopic (exact) mass is 314 g/mol. The van der Waals surface area contributed by atoms with Gasteiger partial charge in [0.1, 0.15) is 0 Å². The molecule has 0 atom stereocenters. The minimum absolute atomic E-state index is 0.246. The second-order valence-corrected chi connectivity index (χ2v) is 6.65. The fraction of sp³-hybridized carbons (Fsp3) is 0.533. The Bertz CT molecular complexity index is 735. The SMILES string of the molecule is CC(C)C1(Cn2c(=S)[nH]c3cc(C(F)(F)F)ccc32)CC1. The molecule has 2 aromatic rings. The van der Waals surface area contributed by atoms with Crippen LogP contribution >= 0.6 is 12.2 Å². The maximum absolute atomic E-state index is 12.8. The van der Waals surface area contributed by atoms with Crippen LogP contribution in [0.5, 0.6) is 0 Å². The molecule has 0 aliphatic heterocycles. The Kier molecular flexibility index (Phi) is 3.20. The highest BCUT2D eigenvalue weighted by Gasteiger charge is 2.45. The lowest BCUT2D eigenvalue weighted by Crippen LogP contribution is -2.17. The Morgan fingerprint density at radius 1 is 1.33 bits per heavy atom. The van der Waals surface area contributed by atoms with E-state index in [4.69, 9.17) is 12.2 Å². The number of hydrogen-bond acceptors (Lipinski definition) is 1. The number of nitrogens with zero attached hydrogens (tertiary/aromatic N) is 1. The molecule has 1 aliphatic rings. The average Bonchev–Trinajstić information content (AvgIpc) is 3.09. The number of benzene rings is 1. The standard InChI is InChI=1S/C15H17F3N2S/c1-9(2)14(5-6-14)8-20-12-4-3-10(15(16,17)18)7-11(12)19-13(20)21/h3-4,7,9H,5-6,8H2,1-2H3,(H,19,21). The largest absolute Gasteiger partial charge is 0.416 e. The lowest BCUT2D eigenvalue weighted by molar-refractivity contribution is -0.137. The van der Waals surface area contributed by atoms with E-state index < -0.39 is 11.7 Å². The van der Waals surface area contributed by atoms with Gasteiger partial charge in [-0.1, -0.05) is 13.8 Å². The molecule has 114 valence electrons. The Labute approximate surface area is 126 Å². The molecule has 1 aromatic carbocycles. The predicted molar refractivity (Wildman–Crippen MR) is 78.6 cm³/mol. The van der Waals surface area contributed by atoms with E-state index in [9.17, 15) is 13.2 Å². The number of alkyl halides is 3. The molecule has 1 aromatic heterocycles. The molecule has 1 aliphatic carbocycles. The first kappa shape index (κ1) is 14.6. The highest BCUT2D eigenvalue weighted by molar-refractivity contribution is 7.71. The van der Waals surface area contributed by atoms with Gasteiger partial charge in [-0.2, -0.15) is 13.2 Å². The number of imidazole rings is 1. The number of fused-ring (bicyclic) bond motifs is 1. The van der Waals surface area contributed by atoms with Gasteiger partial charge in [-0.15, -0.1) is 0 Å². The van der Waals surface area contributed by atoms with Gasteiger partial charge in [-0.3, -0.25) is 0 Å². The highest BCUT2D eigenvalue weighted by atomic mass is 32.1. The molecule has 0 unspecified atom stereocenters. The zero-order valence-corrected chi connectivity index (χ0v) is 12.7. The van der Waals surface area contributed by atoms with Crippen LogP contribution in [0.15, 0.2) is 18.2 Å². The fourth-order valence-electron chi connectivity index (χ4n) is 2.89. The maximum atomic E-state index is 12.8. The number of rotatable bonds is 3. The number of aromatic nitrogens is 2. The van der Waals surface area contributed by atoms with Gasteiger partial charge in [-0.25, -0.2) is 0 Å². The molecule has 1 heterocycles. The molecule has 6 heteroatoms. The van der Waals surface area contributed by atoms with Gasteiger partial charge in [0.15, 0.2) is 4.77 Å². The Hall–Kier alpha value is -1.30. The summed E-state index contributed by atoms with van der Waals surface area (Å²) in [5.41, 5.74) is 0.800. The first-order valence-electron chi connectivity index (χ1n) is 7.03. The summed E-state index contributed by atoms with van der Waals surface area (Å²) >= 11 is 5.30. The smallest absolute Gasteiger partial charge is 0.331 e. The average molecular weight is 314 g/mol. The van der Waals surface area contributed by atoms with Crippen LogP contribution in [0.1, 0.15) is 32.3 Å². The fourth-order valence-corrected chi connectivity index (χ4v) is 3.16. The van der Waals surface area contributed by atoms with Gasteiger partial charge in [0.2, 0.25) is 0 Å². The molecule has 0 radical (unpaired) electrons. The molecule has 0 saturated heterocycles. The van der Waals surface area contributed by atoms with E-state index in [1.54, 1.807) is 0 Å². The molecule has 3 rings (SSSR count). The number of aromatic amines is 1. The summed E-state index contributed by atoms with van der Waals surface area (Å²) in [5, 5.41) is 0. The third kappa shape index (κ3) is 2.50. The third-order valence-electron chi connectivity index (χ3n) is 4.69. The first-order chi connectivity index (χ1) is 9.73. The van der Waals surface area contributed by atoms with Crippen molar-refractivity contribution in [1.82, 2.24) is 9.55 Å². The van der Waals surface area contributed by atoms with E-state index in [-0.39, 0.29) is 5.41 Å². The summed E-state index contributed by atoms with van der Waals surface area (Å²) in [4.78, 5) is 2.91. The molecule has 21 heavy (non-hydrogen) atoms. The summed E-state index contributed by atoms with van der Waals surface area (Å²) < 4.78 is 40.7. The van der Waals surface area contributed by atoms with Gasteiger partial charge in [0, 0.05) is 6.54 Å². The van der Waals surface area contributed by atoms with Crippen molar-refractivity contribution in [3.05, 3.63) is 28.5 Å². The van der Waals surface area contributed by atoms with Crippen molar-refractivity contribution >= 4 is 23.3 Å². The summed E-state index contributed by atoms with van der Waals surface area (Å²) in [7, 11) is 0. The van der Waals surface area contributed by atoms with Crippen molar-refractivity contribution in [2.24, 2.45) is 11.3 Å². The minimum atomic E-state index is -4.33. The summed E-state index contributed by atoms with van der Waals surface area (Å²) in [5.74, 6) is 0.541. The topological polar surface area (TPSA) is 20.7 Å². The van der Waals surface area contributed by atoms with E-state index in [0.717, 1.165) is 37.0 Å². The molecule has 2 nitrogen and oxygen atoms in total. The van der Waals surface area contributed by atoms with Crippen LogP contribution in [0, 0.1) is 16.1 Å². The van der Waals surface area contributed by atoms with E-state index in [1.165, 1.54) is 6.07 Å². The van der Waals surface area contributed by atoms with Crippen LogP contribution < -0.4 is 0 Å². The second-order valence-electron chi connectivity index (χ2n) is 6.26. The quantitative estimate of drug-likeness (QED) is 0.777. The molecular formula is C15H17F3N2S. The molecular weight excluding hydrogens is 297 g/mol. The zero-order valence-electron chi connectivity index (χ0n) is 11.9. The van der Waals surface area contributed by atoms with Crippen LogP contribution in [0.25, 0.3) is 11.0 Å². The van der Waals surface area contributed by atoms with Crippen molar-refractivity contribution in [2.45, 2.75) is 39.4 Å². The Morgan fingerprint density at radius 3 is 2.52 bits per heavy atom. The van der Waals surface area contributed by atoms with E-state index in [1.807, 2.05) is 4.57 Å². The van der Waals surface area contributed by atoms with Crippen molar-refractivity contribution in [3.63, 3.8) is 0 Å². The van der Waals surface area contributed by atoms with Crippen molar-refractivity contribution in [3.8, 4) is 0 Å². The van der Waals surface area contributed by atoms with Gasteiger partial charge in [-0.05, 0) is 54.6 Å². The van der Waals surface area contributed by atoms with Gasteiger partial charge in [0.05, 0.1) is 16.6 Å². The van der Waals surface area contributed by atoms with Crippen LogP contribution in [-0.4, -0.2) is 9.55 Å². The predicted octanol–water partition coefficient (Wildman–Crippen LogP) is 5.15. The summed E-state index contributed by atoms with van der Waals surface area (Å²) in [6.45, 7) is 5.15. The van der Waals surface area contributed by atoms with E-state index in [0.29, 0.717) is 16.2 Å². The van der Waals surface area contributed by atoms with Crippen molar-refractivity contribution < 1.29 is 13.2 Å². The van der Waals surface area contributed by atoms with Gasteiger partial charge >= 0.3 is 6.18 Å². The van der Waals surface area contributed by atoms with E-state index in [2.05, 4.69) is 18.8 Å². The van der Waals surface area contributed by atoms with Crippen molar-refractivity contribution in [1.29, 1.82) is 0 Å². The molecule has 1 saturated carbocycles. The normalized spacial score (nSPS) is 17.6. The number of H-pyrrole nitrogens is 1. The third-order valence-corrected chi connectivity index (χ3v) is 5.01. The number of halogens is 3. The molecule has 0 amide bonds. The molecule has 1 N–H and O–H groups in total. The highest BCUT2D eigenvalue weighted by Crippen LogP contribution is 2.53. The minimum Gasteiger partial charge on any atom is -0.331 e. The molecule has 0 bridgehead atoms. The number of nitrogens with one attached hydrogen (secondary N) is 1. The maximum Gasteiger partial charge on any atom is 0.416 e. The van der Waals surface area contributed by atoms with Gasteiger partial charge in [0.25, 0.3) is 0 Å². The zero-order chi connectivity index (χ0) is 15.4. The Balaban J connectivity index is 2.05. The Morgan fingerprint density at radius 2 is 2.00 bits per heavy atom. The lowest BCUT2D eigenvalue weighted by Gasteiger charge is -2.20. The lowest BCUT2D eigenvalue weighted by atomic mass is 9.92. The van der Waals surface area contributed by atoms with Crippen molar-refractivity contribution in [2.75, 3.05) is 0 Å². The first-order valence-corrected chi connectivity index (χ1v) is 7.43. The van der Waals surface area contributed by atoms with E-state index >= 15 is 0 Å². The van der Waals surface area contributed by atoms with Crippen LogP contribution in [0.4, 0.5) is 13.2 Å². The van der Waals surface area contributed by atoms with Crippen LogP contribution in [-0.2, 0) is 12.7 Å². The summed E-state index contributed by atoms with van der Waals surface area (Å²) in [6, 6.07) is 3.77. The molecule has 1 fully saturated rings.